The van der Waals surface area contributed by atoms with Crippen molar-refractivity contribution >= 4 is 11.6 Å². The SMILES string of the molecule is CC(C)(C(Cc1cccc(Cl)c1F)NN)N1CCCCC1. The molecule has 1 aromatic carbocycles. The van der Waals surface area contributed by atoms with Crippen molar-refractivity contribution in [3.8, 4) is 0 Å². The molecule has 0 bridgehead atoms. The monoisotopic (exact) mass is 313 g/mol. The van der Waals surface area contributed by atoms with Crippen LogP contribution in [0.3, 0.4) is 0 Å². The molecule has 1 aromatic rings. The molecule has 118 valence electrons. The summed E-state index contributed by atoms with van der Waals surface area (Å²) in [6.07, 6.45) is 4.24. The standard InChI is InChI=1S/C16H25ClFN3/c1-16(2,21-9-4-3-5-10-21)14(20-19)11-12-7-6-8-13(17)15(12)18/h6-8,14,20H,3-5,9-11,19H2,1-2H3. The zero-order valence-corrected chi connectivity index (χ0v) is 13.6. The van der Waals surface area contributed by atoms with Gasteiger partial charge in [-0.3, -0.25) is 16.2 Å². The third-order valence-electron chi connectivity index (χ3n) is 4.68. The highest BCUT2D eigenvalue weighted by Gasteiger charge is 2.35. The summed E-state index contributed by atoms with van der Waals surface area (Å²) >= 11 is 5.87. The van der Waals surface area contributed by atoms with Crippen LogP contribution in [0.25, 0.3) is 0 Å². The maximum absolute atomic E-state index is 14.1. The molecular weight excluding hydrogens is 289 g/mol. The van der Waals surface area contributed by atoms with Gasteiger partial charge >= 0.3 is 0 Å². The molecule has 1 heterocycles. The van der Waals surface area contributed by atoms with Gasteiger partial charge in [-0.1, -0.05) is 30.2 Å². The minimum Gasteiger partial charge on any atom is -0.297 e. The number of halogens is 2. The zero-order valence-electron chi connectivity index (χ0n) is 12.8. The molecule has 1 unspecified atom stereocenters. The van der Waals surface area contributed by atoms with E-state index >= 15 is 0 Å². The molecule has 0 radical (unpaired) electrons. The quantitative estimate of drug-likeness (QED) is 0.648. The molecular formula is C16H25ClFN3. The third kappa shape index (κ3) is 3.75. The Balaban J connectivity index is 2.16. The Morgan fingerprint density at radius 2 is 2.00 bits per heavy atom. The van der Waals surface area contributed by atoms with Crippen molar-refractivity contribution in [3.63, 3.8) is 0 Å². The Kier molecular flexibility index (Phi) is 5.60. The van der Waals surface area contributed by atoms with Crippen LogP contribution in [-0.2, 0) is 6.42 Å². The molecule has 0 saturated carbocycles. The Morgan fingerprint density at radius 1 is 1.33 bits per heavy atom. The van der Waals surface area contributed by atoms with Gasteiger partial charge in [0.15, 0.2) is 0 Å². The fourth-order valence-electron chi connectivity index (χ4n) is 3.13. The van der Waals surface area contributed by atoms with E-state index in [9.17, 15) is 4.39 Å². The molecule has 1 fully saturated rings. The minimum atomic E-state index is -0.339. The van der Waals surface area contributed by atoms with Crippen LogP contribution >= 0.6 is 11.6 Å². The molecule has 1 atom stereocenters. The number of likely N-dealkylation sites (tertiary alicyclic amines) is 1. The van der Waals surface area contributed by atoms with E-state index in [0.29, 0.717) is 12.0 Å². The second-order valence-corrected chi connectivity index (χ2v) is 6.74. The van der Waals surface area contributed by atoms with Crippen LogP contribution in [0, 0.1) is 5.82 Å². The fraction of sp³-hybridized carbons (Fsp3) is 0.625. The van der Waals surface area contributed by atoms with Gasteiger partial charge in [-0.25, -0.2) is 4.39 Å². The number of rotatable bonds is 5. The zero-order chi connectivity index (χ0) is 15.5. The number of hydrogen-bond donors (Lipinski definition) is 2. The van der Waals surface area contributed by atoms with Crippen molar-refractivity contribution in [2.24, 2.45) is 5.84 Å². The summed E-state index contributed by atoms with van der Waals surface area (Å²) in [4.78, 5) is 2.45. The molecule has 3 N–H and O–H groups in total. The van der Waals surface area contributed by atoms with E-state index in [1.807, 2.05) is 0 Å². The van der Waals surface area contributed by atoms with Gasteiger partial charge in [-0.05, 0) is 57.8 Å². The van der Waals surface area contributed by atoms with E-state index in [4.69, 9.17) is 17.4 Å². The van der Waals surface area contributed by atoms with Crippen molar-refractivity contribution in [1.82, 2.24) is 10.3 Å². The molecule has 2 rings (SSSR count). The summed E-state index contributed by atoms with van der Waals surface area (Å²) in [5.41, 5.74) is 3.36. The average Bonchev–Trinajstić information content (AvgIpc) is 2.49. The predicted octanol–water partition coefficient (Wildman–Crippen LogP) is 3.12. The predicted molar refractivity (Wildman–Crippen MR) is 85.7 cm³/mol. The number of nitrogens with zero attached hydrogens (tertiary/aromatic N) is 1. The van der Waals surface area contributed by atoms with E-state index in [0.717, 1.165) is 13.1 Å². The van der Waals surface area contributed by atoms with Crippen LogP contribution < -0.4 is 11.3 Å². The van der Waals surface area contributed by atoms with Gasteiger partial charge in [0.2, 0.25) is 0 Å². The minimum absolute atomic E-state index is 0.0384. The first-order valence-corrected chi connectivity index (χ1v) is 7.98. The largest absolute Gasteiger partial charge is 0.297 e. The Bertz CT molecular complexity index is 473. The summed E-state index contributed by atoms with van der Waals surface area (Å²) in [7, 11) is 0. The van der Waals surface area contributed by atoms with Gasteiger partial charge < -0.3 is 0 Å². The summed E-state index contributed by atoms with van der Waals surface area (Å²) in [5, 5.41) is 0.166. The van der Waals surface area contributed by atoms with Gasteiger partial charge in [-0.15, -0.1) is 0 Å². The Hall–Kier alpha value is -0.680. The van der Waals surface area contributed by atoms with Gasteiger partial charge in [0.25, 0.3) is 0 Å². The molecule has 3 nitrogen and oxygen atoms in total. The highest BCUT2D eigenvalue weighted by Crippen LogP contribution is 2.27. The van der Waals surface area contributed by atoms with Crippen molar-refractivity contribution in [2.75, 3.05) is 13.1 Å². The van der Waals surface area contributed by atoms with Gasteiger partial charge in [0.05, 0.1) is 5.02 Å². The molecule has 0 amide bonds. The van der Waals surface area contributed by atoms with Crippen LogP contribution in [0.15, 0.2) is 18.2 Å². The molecule has 5 heteroatoms. The Morgan fingerprint density at radius 3 is 2.62 bits per heavy atom. The molecule has 0 spiro atoms. The van der Waals surface area contributed by atoms with E-state index in [1.54, 1.807) is 18.2 Å². The number of nitrogens with two attached hydrogens (primary N) is 1. The van der Waals surface area contributed by atoms with Gasteiger partial charge in [0, 0.05) is 11.6 Å². The maximum atomic E-state index is 14.1. The lowest BCUT2D eigenvalue weighted by Crippen LogP contribution is -2.61. The van der Waals surface area contributed by atoms with E-state index in [1.165, 1.54) is 19.3 Å². The van der Waals surface area contributed by atoms with Gasteiger partial charge in [-0.2, -0.15) is 0 Å². The molecule has 1 saturated heterocycles. The maximum Gasteiger partial charge on any atom is 0.145 e. The Labute approximate surface area is 131 Å². The van der Waals surface area contributed by atoms with Crippen LogP contribution in [0.2, 0.25) is 5.02 Å². The third-order valence-corrected chi connectivity index (χ3v) is 4.97. The highest BCUT2D eigenvalue weighted by molar-refractivity contribution is 6.30. The van der Waals surface area contributed by atoms with Crippen molar-refractivity contribution in [3.05, 3.63) is 34.6 Å². The topological polar surface area (TPSA) is 41.3 Å². The van der Waals surface area contributed by atoms with E-state index in [2.05, 4.69) is 24.2 Å². The number of hydrazine groups is 1. The fourth-order valence-corrected chi connectivity index (χ4v) is 3.32. The first-order valence-electron chi connectivity index (χ1n) is 7.61. The summed E-state index contributed by atoms with van der Waals surface area (Å²) in [6, 6.07) is 5.09. The average molecular weight is 314 g/mol. The van der Waals surface area contributed by atoms with Crippen LogP contribution in [0.5, 0.6) is 0 Å². The summed E-state index contributed by atoms with van der Waals surface area (Å²) < 4.78 is 14.1. The lowest BCUT2D eigenvalue weighted by molar-refractivity contribution is 0.0608. The van der Waals surface area contributed by atoms with Gasteiger partial charge in [0.1, 0.15) is 5.82 Å². The smallest absolute Gasteiger partial charge is 0.145 e. The first-order chi connectivity index (χ1) is 9.96. The second-order valence-electron chi connectivity index (χ2n) is 6.34. The first kappa shape index (κ1) is 16.7. The number of benzene rings is 1. The molecule has 0 aliphatic carbocycles. The summed E-state index contributed by atoms with van der Waals surface area (Å²) in [6.45, 7) is 6.49. The second kappa shape index (κ2) is 7.05. The number of nitrogens with one attached hydrogen (secondary N) is 1. The van der Waals surface area contributed by atoms with E-state index in [-0.39, 0.29) is 22.4 Å². The molecule has 1 aliphatic rings. The van der Waals surface area contributed by atoms with Crippen LogP contribution in [0.1, 0.15) is 38.7 Å². The van der Waals surface area contributed by atoms with E-state index < -0.39 is 0 Å². The summed E-state index contributed by atoms with van der Waals surface area (Å²) in [5.74, 6) is 5.43. The number of piperidine rings is 1. The number of hydrogen-bond acceptors (Lipinski definition) is 3. The lowest BCUT2D eigenvalue weighted by atomic mass is 9.86. The normalized spacial score (nSPS) is 18.7. The molecule has 21 heavy (non-hydrogen) atoms. The van der Waals surface area contributed by atoms with Crippen molar-refractivity contribution in [2.45, 2.75) is 51.1 Å². The lowest BCUT2D eigenvalue weighted by Gasteiger charge is -2.45. The highest BCUT2D eigenvalue weighted by atomic mass is 35.5. The van der Waals surface area contributed by atoms with Crippen molar-refractivity contribution < 1.29 is 4.39 Å². The van der Waals surface area contributed by atoms with Crippen molar-refractivity contribution in [1.29, 1.82) is 0 Å². The molecule has 0 aromatic heterocycles. The van der Waals surface area contributed by atoms with Crippen LogP contribution in [0.4, 0.5) is 4.39 Å². The van der Waals surface area contributed by atoms with Crippen LogP contribution in [-0.4, -0.2) is 29.6 Å². The molecule has 1 aliphatic heterocycles.